The third kappa shape index (κ3) is 5.44. The lowest BCUT2D eigenvalue weighted by molar-refractivity contribution is 0.300. The van der Waals surface area contributed by atoms with Crippen LogP contribution in [0.4, 0.5) is 0 Å². The molecule has 108 valence electrons. The van der Waals surface area contributed by atoms with Crippen LogP contribution in [0.15, 0.2) is 23.2 Å². The molecule has 0 saturated carbocycles. The number of hydrogen-bond donors (Lipinski definition) is 1. The van der Waals surface area contributed by atoms with Gasteiger partial charge in [-0.05, 0) is 38.2 Å². The van der Waals surface area contributed by atoms with Gasteiger partial charge < -0.3 is 4.90 Å². The highest BCUT2D eigenvalue weighted by Crippen LogP contribution is 2.12. The molecule has 1 rings (SSSR count). The van der Waals surface area contributed by atoms with Crippen molar-refractivity contribution in [1.82, 2.24) is 14.6 Å². The van der Waals surface area contributed by atoms with Crippen molar-refractivity contribution in [3.8, 4) is 0 Å². The third-order valence-corrected chi connectivity index (χ3v) is 4.51. The number of rotatable bonds is 8. The van der Waals surface area contributed by atoms with Crippen LogP contribution >= 0.6 is 11.6 Å². The first kappa shape index (κ1) is 16.4. The van der Waals surface area contributed by atoms with Crippen LogP contribution in [0, 0.1) is 0 Å². The Hall–Kier alpha value is -0.690. The maximum absolute atomic E-state index is 12.0. The minimum absolute atomic E-state index is 0.148. The molecule has 19 heavy (non-hydrogen) atoms. The minimum Gasteiger partial charge on any atom is -0.304 e. The number of hydrogen-bond acceptors (Lipinski definition) is 4. The van der Waals surface area contributed by atoms with E-state index in [1.807, 2.05) is 0 Å². The molecule has 1 N–H and O–H groups in total. The van der Waals surface area contributed by atoms with Crippen LogP contribution in [0.5, 0.6) is 0 Å². The lowest BCUT2D eigenvalue weighted by Gasteiger charge is -2.17. The van der Waals surface area contributed by atoms with E-state index in [-0.39, 0.29) is 10.0 Å². The van der Waals surface area contributed by atoms with E-state index in [1.54, 1.807) is 0 Å². The molecule has 0 radical (unpaired) electrons. The molecule has 0 unspecified atom stereocenters. The molecule has 0 bridgehead atoms. The molecule has 1 aromatic heterocycles. The standard InChI is InChI=1S/C12H20ClN3O2S/c1-3-16(4-2)9-5-7-15-19(17,18)11-6-8-14-12(13)10-11/h6,8,10,15H,3-5,7,9H2,1-2H3. The fraction of sp³-hybridized carbons (Fsp3) is 0.583. The normalized spacial score (nSPS) is 12.0. The summed E-state index contributed by atoms with van der Waals surface area (Å²) in [4.78, 5) is 6.16. The second-order valence-electron chi connectivity index (χ2n) is 4.09. The lowest BCUT2D eigenvalue weighted by Crippen LogP contribution is -2.30. The first-order valence-corrected chi connectivity index (χ1v) is 8.19. The number of nitrogens with one attached hydrogen (secondary N) is 1. The van der Waals surface area contributed by atoms with Crippen LogP contribution in [-0.2, 0) is 10.0 Å². The molecule has 0 saturated heterocycles. The van der Waals surface area contributed by atoms with Gasteiger partial charge in [0.2, 0.25) is 10.0 Å². The topological polar surface area (TPSA) is 62.3 Å². The Morgan fingerprint density at radius 2 is 2.05 bits per heavy atom. The zero-order chi connectivity index (χ0) is 14.3. The van der Waals surface area contributed by atoms with Crippen molar-refractivity contribution in [2.45, 2.75) is 25.2 Å². The summed E-state index contributed by atoms with van der Waals surface area (Å²) in [7, 11) is -3.49. The molecule has 0 spiro atoms. The number of sulfonamides is 1. The van der Waals surface area contributed by atoms with Crippen molar-refractivity contribution in [1.29, 1.82) is 0 Å². The molecule has 0 aliphatic rings. The lowest BCUT2D eigenvalue weighted by atomic mass is 10.4. The van der Waals surface area contributed by atoms with Gasteiger partial charge in [0.15, 0.2) is 0 Å². The Morgan fingerprint density at radius 3 is 2.63 bits per heavy atom. The summed E-state index contributed by atoms with van der Waals surface area (Å²) in [6.45, 7) is 7.43. The summed E-state index contributed by atoms with van der Waals surface area (Å²) in [5.74, 6) is 0. The summed E-state index contributed by atoms with van der Waals surface area (Å²) < 4.78 is 26.5. The number of nitrogens with zero attached hydrogens (tertiary/aromatic N) is 2. The van der Waals surface area contributed by atoms with Crippen molar-refractivity contribution < 1.29 is 8.42 Å². The molecule has 0 aromatic carbocycles. The van der Waals surface area contributed by atoms with Gasteiger partial charge in [-0.25, -0.2) is 18.1 Å². The van der Waals surface area contributed by atoms with E-state index in [9.17, 15) is 8.42 Å². The van der Waals surface area contributed by atoms with Crippen LogP contribution in [0.25, 0.3) is 0 Å². The highest BCUT2D eigenvalue weighted by atomic mass is 35.5. The van der Waals surface area contributed by atoms with E-state index < -0.39 is 10.0 Å². The van der Waals surface area contributed by atoms with Gasteiger partial charge in [-0.2, -0.15) is 0 Å². The summed E-state index contributed by atoms with van der Waals surface area (Å²) in [5.41, 5.74) is 0. The van der Waals surface area contributed by atoms with Crippen LogP contribution < -0.4 is 4.72 Å². The van der Waals surface area contributed by atoms with Crippen LogP contribution in [0.3, 0.4) is 0 Å². The molecule has 7 heteroatoms. The van der Waals surface area contributed by atoms with Gasteiger partial charge >= 0.3 is 0 Å². The van der Waals surface area contributed by atoms with Crippen LogP contribution in [0.1, 0.15) is 20.3 Å². The van der Waals surface area contributed by atoms with E-state index in [0.717, 1.165) is 26.1 Å². The van der Waals surface area contributed by atoms with Gasteiger partial charge in [0, 0.05) is 12.7 Å². The second-order valence-corrected chi connectivity index (χ2v) is 6.25. The second kappa shape index (κ2) is 7.79. The molecule has 1 aromatic rings. The van der Waals surface area contributed by atoms with Crippen molar-refractivity contribution in [2.24, 2.45) is 0 Å². The molecule has 0 fully saturated rings. The summed E-state index contributed by atoms with van der Waals surface area (Å²) in [6.07, 6.45) is 2.16. The van der Waals surface area contributed by atoms with E-state index in [1.165, 1.54) is 18.3 Å². The SMILES string of the molecule is CCN(CC)CCCNS(=O)(=O)c1ccnc(Cl)c1. The third-order valence-electron chi connectivity index (χ3n) is 2.85. The maximum atomic E-state index is 12.0. The molecular formula is C12H20ClN3O2S. The average molecular weight is 306 g/mol. The minimum atomic E-state index is -3.49. The summed E-state index contributed by atoms with van der Waals surface area (Å²) >= 11 is 5.68. The largest absolute Gasteiger partial charge is 0.304 e. The molecule has 0 amide bonds. The zero-order valence-electron chi connectivity index (χ0n) is 11.3. The fourth-order valence-electron chi connectivity index (χ4n) is 1.68. The van der Waals surface area contributed by atoms with E-state index in [4.69, 9.17) is 11.6 Å². The van der Waals surface area contributed by atoms with Crippen LogP contribution in [0.2, 0.25) is 5.15 Å². The smallest absolute Gasteiger partial charge is 0.240 e. The molecule has 1 heterocycles. The van der Waals surface area contributed by atoms with Crippen LogP contribution in [-0.4, -0.2) is 44.5 Å². The van der Waals surface area contributed by atoms with E-state index in [0.29, 0.717) is 6.54 Å². The molecule has 0 aliphatic heterocycles. The summed E-state index contributed by atoms with van der Waals surface area (Å²) in [5, 5.41) is 0.172. The van der Waals surface area contributed by atoms with E-state index in [2.05, 4.69) is 28.5 Å². The predicted octanol–water partition coefficient (Wildman–Crippen LogP) is 1.75. The highest BCUT2D eigenvalue weighted by molar-refractivity contribution is 7.89. The predicted molar refractivity (Wildman–Crippen MR) is 76.8 cm³/mol. The average Bonchev–Trinajstić information content (AvgIpc) is 2.39. The number of aromatic nitrogens is 1. The first-order chi connectivity index (χ1) is 8.99. The Balaban J connectivity index is 2.48. The quantitative estimate of drug-likeness (QED) is 0.587. The Morgan fingerprint density at radius 1 is 1.37 bits per heavy atom. The van der Waals surface area contributed by atoms with Gasteiger partial charge in [-0.3, -0.25) is 0 Å². The van der Waals surface area contributed by atoms with E-state index >= 15 is 0 Å². The van der Waals surface area contributed by atoms with Crippen molar-refractivity contribution >= 4 is 21.6 Å². The Bertz CT molecular complexity index is 490. The molecule has 0 aliphatic carbocycles. The van der Waals surface area contributed by atoms with Crippen molar-refractivity contribution in [2.75, 3.05) is 26.2 Å². The number of pyridine rings is 1. The Kier molecular flexibility index (Phi) is 6.71. The zero-order valence-corrected chi connectivity index (χ0v) is 12.8. The Labute approximate surface area is 120 Å². The van der Waals surface area contributed by atoms with Gasteiger partial charge in [0.05, 0.1) is 4.90 Å². The maximum Gasteiger partial charge on any atom is 0.240 e. The van der Waals surface area contributed by atoms with Crippen molar-refractivity contribution in [3.63, 3.8) is 0 Å². The highest BCUT2D eigenvalue weighted by Gasteiger charge is 2.13. The van der Waals surface area contributed by atoms with Gasteiger partial charge in [-0.15, -0.1) is 0 Å². The molecule has 5 nitrogen and oxygen atoms in total. The van der Waals surface area contributed by atoms with Gasteiger partial charge in [-0.1, -0.05) is 25.4 Å². The van der Waals surface area contributed by atoms with Crippen molar-refractivity contribution in [3.05, 3.63) is 23.5 Å². The molecule has 0 atom stereocenters. The monoisotopic (exact) mass is 305 g/mol. The molecular weight excluding hydrogens is 286 g/mol. The van der Waals surface area contributed by atoms with Gasteiger partial charge in [0.1, 0.15) is 5.15 Å². The van der Waals surface area contributed by atoms with Gasteiger partial charge in [0.25, 0.3) is 0 Å². The fourth-order valence-corrected chi connectivity index (χ4v) is 3.01. The first-order valence-electron chi connectivity index (χ1n) is 6.33. The number of halogens is 1. The summed E-state index contributed by atoms with van der Waals surface area (Å²) in [6, 6.07) is 2.77.